The number of aliphatic hydroxyl groups excluding tert-OH is 1. The molecular weight excluding hydrogens is 841 g/mol. The Kier molecular flexibility index (Phi) is 13.9. The van der Waals surface area contributed by atoms with E-state index in [9.17, 15) is 29.1 Å². The molecule has 0 saturated carbocycles. The summed E-state index contributed by atoms with van der Waals surface area (Å²) < 4.78 is 11.0. The van der Waals surface area contributed by atoms with Crippen molar-refractivity contribution in [3.05, 3.63) is 95.4 Å². The fourth-order valence-electron chi connectivity index (χ4n) is 7.62. The molecule has 7 rings (SSSR count). The number of aryl methyl sites for hydroxylation is 1. The van der Waals surface area contributed by atoms with Crippen LogP contribution in [0.2, 0.25) is 0 Å². The van der Waals surface area contributed by atoms with Gasteiger partial charge in [0.25, 0.3) is 11.8 Å². The summed E-state index contributed by atoms with van der Waals surface area (Å²) in [6.45, 7) is 8.34. The number of nitrogens with zero attached hydrogens (tertiary/aromatic N) is 6. The van der Waals surface area contributed by atoms with Crippen LogP contribution >= 0.6 is 11.3 Å². The Morgan fingerprint density at radius 3 is 2.44 bits per heavy atom. The first-order chi connectivity index (χ1) is 30.7. The molecule has 64 heavy (non-hydrogen) atoms. The van der Waals surface area contributed by atoms with Gasteiger partial charge < -0.3 is 45.2 Å². The molecule has 3 atom stereocenters. The van der Waals surface area contributed by atoms with Crippen LogP contribution in [-0.4, -0.2) is 129 Å². The number of methoxy groups -OCH3 is 1. The number of anilines is 2. The van der Waals surface area contributed by atoms with Crippen molar-refractivity contribution in [2.45, 2.75) is 58.8 Å². The van der Waals surface area contributed by atoms with E-state index in [4.69, 9.17) is 9.47 Å². The van der Waals surface area contributed by atoms with Crippen molar-refractivity contribution in [3.63, 3.8) is 0 Å². The van der Waals surface area contributed by atoms with Gasteiger partial charge in [0.05, 0.1) is 46.4 Å². The maximum Gasteiger partial charge on any atom is 0.410 e. The molecule has 5 aromatic rings. The predicted molar refractivity (Wildman–Crippen MR) is 240 cm³/mol. The number of carbonyl (C=O) groups is 5. The number of hydrogen-bond donors (Lipinski definition) is 5. The van der Waals surface area contributed by atoms with Gasteiger partial charge in [-0.1, -0.05) is 51.1 Å². The van der Waals surface area contributed by atoms with Crippen molar-refractivity contribution in [2.24, 2.45) is 5.41 Å². The Morgan fingerprint density at radius 2 is 1.77 bits per heavy atom. The number of aliphatic hydroxyl groups is 1. The average molecular weight is 893 g/mol. The first-order valence-corrected chi connectivity index (χ1v) is 21.7. The van der Waals surface area contributed by atoms with Crippen molar-refractivity contribution in [3.8, 4) is 27.6 Å². The number of hydrogen-bond acceptors (Lipinski definition) is 13. The molecule has 2 aliphatic rings. The van der Waals surface area contributed by atoms with Gasteiger partial charge in [-0.15, -0.1) is 11.3 Å². The van der Waals surface area contributed by atoms with Gasteiger partial charge >= 0.3 is 6.09 Å². The molecule has 3 aromatic heterocycles. The van der Waals surface area contributed by atoms with Gasteiger partial charge in [0.15, 0.2) is 6.61 Å². The number of H-pyrrole nitrogens is 1. The van der Waals surface area contributed by atoms with Gasteiger partial charge in [-0.25, -0.2) is 14.8 Å². The molecule has 0 aliphatic carbocycles. The van der Waals surface area contributed by atoms with Crippen LogP contribution in [-0.2, 0) is 25.7 Å². The first-order valence-electron chi connectivity index (χ1n) is 20.9. The van der Waals surface area contributed by atoms with E-state index in [1.807, 2.05) is 37.3 Å². The summed E-state index contributed by atoms with van der Waals surface area (Å²) in [7, 11) is 1.51. The second-order valence-electron chi connectivity index (χ2n) is 16.7. The number of piperazine rings is 1. The van der Waals surface area contributed by atoms with Crippen molar-refractivity contribution in [1.82, 2.24) is 40.6 Å². The van der Waals surface area contributed by atoms with Crippen LogP contribution in [0.5, 0.6) is 5.75 Å². The number of likely N-dealkylation sites (tertiary alicyclic amines) is 1. The molecule has 5 amide bonds. The third-order valence-electron chi connectivity index (χ3n) is 11.1. The number of nitrogens with one attached hydrogen (secondary N) is 4. The van der Waals surface area contributed by atoms with Crippen LogP contribution in [0.15, 0.2) is 78.4 Å². The molecule has 0 radical (unpaired) electrons. The SMILES string of the molecule is COc1cc(N2CCN(C(=O)OCC(=O)NC(C(=O)N3CC(O)CC3C(=O)NCc3ccc(-c4scnc4C)cc3)C(C)(C)C)CC2)ccc1NC(=O)c1cccc(-c2ccn[nH]2)n1. The number of rotatable bonds is 13. The average Bonchev–Trinajstić information content (AvgIpc) is 4.08. The van der Waals surface area contributed by atoms with Crippen LogP contribution in [0, 0.1) is 12.3 Å². The molecule has 0 spiro atoms. The molecule has 2 saturated heterocycles. The number of amides is 5. The molecule has 2 fully saturated rings. The number of carbonyl (C=O) groups excluding carboxylic acids is 5. The van der Waals surface area contributed by atoms with Gasteiger partial charge in [-0.05, 0) is 53.8 Å². The number of thiazole rings is 1. The minimum atomic E-state index is -1.09. The van der Waals surface area contributed by atoms with Crippen molar-refractivity contribution < 1.29 is 38.6 Å². The van der Waals surface area contributed by atoms with Crippen LogP contribution in [0.3, 0.4) is 0 Å². The fraction of sp³-hybridized carbons (Fsp3) is 0.378. The van der Waals surface area contributed by atoms with E-state index in [2.05, 4.69) is 41.0 Å². The predicted octanol–water partition coefficient (Wildman–Crippen LogP) is 4.23. The number of ether oxygens (including phenoxy) is 2. The molecule has 19 heteroatoms. The minimum Gasteiger partial charge on any atom is -0.494 e. The van der Waals surface area contributed by atoms with Gasteiger partial charge in [-0.2, -0.15) is 5.10 Å². The zero-order chi connectivity index (χ0) is 45.5. The molecule has 2 aromatic carbocycles. The summed E-state index contributed by atoms with van der Waals surface area (Å²) in [4.78, 5) is 81.7. The maximum absolute atomic E-state index is 14.0. The van der Waals surface area contributed by atoms with E-state index in [1.165, 1.54) is 16.9 Å². The summed E-state index contributed by atoms with van der Waals surface area (Å²) in [6, 6.07) is 18.1. The summed E-state index contributed by atoms with van der Waals surface area (Å²) in [5.74, 6) is -1.59. The van der Waals surface area contributed by atoms with E-state index >= 15 is 0 Å². The molecule has 5 N–H and O–H groups in total. The summed E-state index contributed by atoms with van der Waals surface area (Å²) in [5.41, 5.74) is 6.61. The number of aromatic nitrogens is 4. The molecular formula is C45H52N10O8S. The molecule has 0 bridgehead atoms. The quantitative estimate of drug-likeness (QED) is 0.112. The number of pyridine rings is 1. The first kappa shape index (κ1) is 45.2. The van der Waals surface area contributed by atoms with Crippen molar-refractivity contribution in [2.75, 3.05) is 56.7 Å². The highest BCUT2D eigenvalue weighted by atomic mass is 32.1. The lowest BCUT2D eigenvalue weighted by atomic mass is 9.85. The normalized spacial score (nSPS) is 16.8. The summed E-state index contributed by atoms with van der Waals surface area (Å²) in [5, 5.41) is 25.9. The highest BCUT2D eigenvalue weighted by Gasteiger charge is 2.44. The molecule has 5 heterocycles. The minimum absolute atomic E-state index is 0.0511. The highest BCUT2D eigenvalue weighted by molar-refractivity contribution is 7.13. The van der Waals surface area contributed by atoms with E-state index < -0.39 is 59.9 Å². The third kappa shape index (κ3) is 10.7. The summed E-state index contributed by atoms with van der Waals surface area (Å²) >= 11 is 1.56. The van der Waals surface area contributed by atoms with Crippen LogP contribution in [0.1, 0.15) is 48.9 Å². The molecule has 336 valence electrons. The Bertz CT molecular complexity index is 2460. The molecule has 18 nitrogen and oxygen atoms in total. The third-order valence-corrected chi connectivity index (χ3v) is 12.1. The highest BCUT2D eigenvalue weighted by Crippen LogP contribution is 2.32. The second-order valence-corrected chi connectivity index (χ2v) is 17.5. The Balaban J connectivity index is 0.883. The van der Waals surface area contributed by atoms with Gasteiger partial charge in [0, 0.05) is 63.6 Å². The maximum atomic E-state index is 14.0. The number of benzene rings is 2. The van der Waals surface area contributed by atoms with Gasteiger partial charge in [0.2, 0.25) is 11.8 Å². The monoisotopic (exact) mass is 892 g/mol. The second kappa shape index (κ2) is 19.7. The molecule has 2 aliphatic heterocycles. The Hall–Kier alpha value is -6.86. The summed E-state index contributed by atoms with van der Waals surface area (Å²) in [6.07, 6.45) is 0.0577. The topological polar surface area (TPSA) is 224 Å². The van der Waals surface area contributed by atoms with Crippen LogP contribution in [0.4, 0.5) is 16.2 Å². The van der Waals surface area contributed by atoms with Gasteiger partial charge in [-0.3, -0.25) is 24.3 Å². The van der Waals surface area contributed by atoms with Crippen molar-refractivity contribution in [1.29, 1.82) is 0 Å². The fourth-order valence-corrected chi connectivity index (χ4v) is 8.44. The lowest BCUT2D eigenvalue weighted by Gasteiger charge is -2.36. The largest absolute Gasteiger partial charge is 0.494 e. The van der Waals surface area contributed by atoms with E-state index in [0.29, 0.717) is 49.0 Å². The Labute approximate surface area is 374 Å². The van der Waals surface area contributed by atoms with Crippen LogP contribution < -0.4 is 25.6 Å². The zero-order valence-electron chi connectivity index (χ0n) is 36.3. The van der Waals surface area contributed by atoms with Crippen molar-refractivity contribution >= 4 is 52.4 Å². The zero-order valence-corrected chi connectivity index (χ0v) is 37.1. The lowest BCUT2D eigenvalue weighted by Crippen LogP contribution is -2.58. The number of aromatic amines is 1. The Morgan fingerprint density at radius 1 is 1.00 bits per heavy atom. The number of β-amino-alcohol motifs (C(OH)–C–C–N with tert-alkyl or cyclic N) is 1. The van der Waals surface area contributed by atoms with E-state index in [-0.39, 0.29) is 25.2 Å². The lowest BCUT2D eigenvalue weighted by molar-refractivity contribution is -0.144. The van der Waals surface area contributed by atoms with E-state index in [1.54, 1.807) is 80.2 Å². The molecule has 3 unspecified atom stereocenters. The van der Waals surface area contributed by atoms with Crippen LogP contribution in [0.25, 0.3) is 21.8 Å². The smallest absolute Gasteiger partial charge is 0.410 e. The van der Waals surface area contributed by atoms with E-state index in [0.717, 1.165) is 27.4 Å². The standard InChI is InChI=1S/C45H52N10O8S/c1-27-39(64-26-47-27)29-11-9-28(10-12-29)23-46-42(59)36-22-31(56)24-55(36)43(60)40(45(2,3)4)51-38(57)25-63-44(61)54-19-17-53(18-20-54)30-13-14-34(37(21-30)62-5)50-41(58)35-8-6-7-32(49-35)33-15-16-48-52-33/h6-16,21,26,31,36,40,56H,17-20,22-25H2,1-5H3,(H,46,59)(H,48,52)(H,50,58)(H,51,57). The van der Waals surface area contributed by atoms with Gasteiger partial charge in [0.1, 0.15) is 23.5 Å².